The maximum Gasteiger partial charge on any atom is 0.232 e. The van der Waals surface area contributed by atoms with Crippen molar-refractivity contribution >= 4 is 16.8 Å². The molecule has 0 aliphatic carbocycles. The Morgan fingerprint density at radius 3 is 2.24 bits per heavy atom. The molecule has 4 aromatic rings. The average Bonchev–Trinajstić information content (AvgIpc) is 2.78. The topological polar surface area (TPSA) is 51.2 Å². The molecular weight excluding hydrogens is 360 g/mol. The Morgan fingerprint density at radius 2 is 1.55 bits per heavy atom. The summed E-state index contributed by atoms with van der Waals surface area (Å²) < 4.78 is 5.81. The van der Waals surface area contributed by atoms with Crippen molar-refractivity contribution in [3.05, 3.63) is 108 Å². The normalized spacial score (nSPS) is 10.8. The van der Waals surface area contributed by atoms with Gasteiger partial charge in [-0.15, -0.1) is 0 Å². The smallest absolute Gasteiger partial charge is 0.232 e. The molecule has 0 aliphatic heterocycles. The largest absolute Gasteiger partial charge is 0.492 e. The number of nitrogens with zero attached hydrogens (tertiary/aromatic N) is 1. The quantitative estimate of drug-likeness (QED) is 0.477. The zero-order valence-electron chi connectivity index (χ0n) is 16.0. The maximum atomic E-state index is 13.0. The Morgan fingerprint density at radius 1 is 0.862 bits per heavy atom. The fraction of sp³-hybridized carbons (Fsp3) is 0.120. The van der Waals surface area contributed by atoms with Crippen molar-refractivity contribution in [2.75, 3.05) is 13.2 Å². The van der Waals surface area contributed by atoms with Crippen LogP contribution in [-0.2, 0) is 4.79 Å². The lowest BCUT2D eigenvalue weighted by atomic mass is 9.90. The van der Waals surface area contributed by atoms with Gasteiger partial charge in [-0.2, -0.15) is 0 Å². The van der Waals surface area contributed by atoms with Crippen LogP contribution in [0.4, 0.5) is 0 Å². The Hall–Kier alpha value is -3.66. The average molecular weight is 382 g/mol. The van der Waals surface area contributed by atoms with E-state index < -0.39 is 0 Å². The van der Waals surface area contributed by atoms with E-state index in [1.807, 2.05) is 91.0 Å². The predicted molar refractivity (Wildman–Crippen MR) is 115 cm³/mol. The third-order valence-corrected chi connectivity index (χ3v) is 4.77. The van der Waals surface area contributed by atoms with Crippen LogP contribution >= 0.6 is 0 Å². The number of aromatic nitrogens is 1. The van der Waals surface area contributed by atoms with Crippen LogP contribution in [0.2, 0.25) is 0 Å². The summed E-state index contributed by atoms with van der Waals surface area (Å²) in [5.74, 6) is 0.389. The van der Waals surface area contributed by atoms with E-state index in [0.717, 1.165) is 27.8 Å². The first-order valence-electron chi connectivity index (χ1n) is 9.66. The van der Waals surface area contributed by atoms with Crippen LogP contribution in [0.1, 0.15) is 17.0 Å². The second-order valence-corrected chi connectivity index (χ2v) is 6.75. The van der Waals surface area contributed by atoms with Crippen molar-refractivity contribution < 1.29 is 9.53 Å². The molecule has 0 radical (unpaired) electrons. The summed E-state index contributed by atoms with van der Waals surface area (Å²) in [6, 6.07) is 29.4. The molecule has 1 amide bonds. The zero-order chi connectivity index (χ0) is 19.9. The lowest BCUT2D eigenvalue weighted by molar-refractivity contribution is -0.121. The molecule has 0 fully saturated rings. The fourth-order valence-electron chi connectivity index (χ4n) is 3.37. The van der Waals surface area contributed by atoms with Crippen LogP contribution < -0.4 is 10.1 Å². The van der Waals surface area contributed by atoms with Gasteiger partial charge in [0.2, 0.25) is 5.91 Å². The maximum absolute atomic E-state index is 13.0. The van der Waals surface area contributed by atoms with Gasteiger partial charge in [0.05, 0.1) is 18.0 Å². The van der Waals surface area contributed by atoms with E-state index in [4.69, 9.17) is 4.74 Å². The molecule has 0 spiro atoms. The molecular formula is C25H22N2O2. The van der Waals surface area contributed by atoms with Gasteiger partial charge >= 0.3 is 0 Å². The fourth-order valence-corrected chi connectivity index (χ4v) is 3.37. The van der Waals surface area contributed by atoms with Gasteiger partial charge in [-0.25, -0.2) is 0 Å². The molecule has 0 aliphatic rings. The molecule has 3 aromatic carbocycles. The number of pyridine rings is 1. The lowest BCUT2D eigenvalue weighted by Gasteiger charge is -2.18. The standard InChI is InChI=1S/C25H22N2O2/c28-25(24(19-8-3-1-4-9-19)20-10-5-2-6-11-20)27-16-17-29-22-13-14-23-21(18-22)12-7-15-26-23/h1-15,18,24H,16-17H2,(H,27,28). The summed E-state index contributed by atoms with van der Waals surface area (Å²) in [7, 11) is 0. The number of carbonyl (C=O) groups excluding carboxylic acids is 1. The summed E-state index contributed by atoms with van der Waals surface area (Å²) in [5, 5.41) is 4.04. The molecule has 4 nitrogen and oxygen atoms in total. The van der Waals surface area contributed by atoms with E-state index in [9.17, 15) is 4.79 Å². The van der Waals surface area contributed by atoms with Crippen molar-refractivity contribution in [2.24, 2.45) is 0 Å². The predicted octanol–water partition coefficient (Wildman–Crippen LogP) is 4.56. The van der Waals surface area contributed by atoms with E-state index in [1.54, 1.807) is 6.20 Å². The molecule has 0 saturated carbocycles. The highest BCUT2D eigenvalue weighted by molar-refractivity contribution is 5.87. The first-order valence-corrected chi connectivity index (χ1v) is 9.66. The van der Waals surface area contributed by atoms with Crippen LogP contribution in [0.15, 0.2) is 97.2 Å². The number of rotatable bonds is 7. The van der Waals surface area contributed by atoms with Gasteiger partial charge in [0.15, 0.2) is 0 Å². The monoisotopic (exact) mass is 382 g/mol. The highest BCUT2D eigenvalue weighted by atomic mass is 16.5. The van der Waals surface area contributed by atoms with Crippen molar-refractivity contribution in [1.82, 2.24) is 10.3 Å². The summed E-state index contributed by atoms with van der Waals surface area (Å²) in [6.07, 6.45) is 1.77. The van der Waals surface area contributed by atoms with Gasteiger partial charge in [0, 0.05) is 11.6 Å². The van der Waals surface area contributed by atoms with Gasteiger partial charge in [-0.05, 0) is 35.4 Å². The third kappa shape index (κ3) is 4.61. The van der Waals surface area contributed by atoms with Crippen molar-refractivity contribution in [3.63, 3.8) is 0 Å². The summed E-state index contributed by atoms with van der Waals surface area (Å²) in [6.45, 7) is 0.827. The van der Waals surface area contributed by atoms with Crippen molar-refractivity contribution in [3.8, 4) is 5.75 Å². The van der Waals surface area contributed by atoms with Crippen molar-refractivity contribution in [2.45, 2.75) is 5.92 Å². The van der Waals surface area contributed by atoms with Gasteiger partial charge in [0.25, 0.3) is 0 Å². The number of benzene rings is 3. The molecule has 29 heavy (non-hydrogen) atoms. The molecule has 144 valence electrons. The van der Waals surface area contributed by atoms with Crippen LogP contribution in [0.3, 0.4) is 0 Å². The molecule has 4 heteroatoms. The van der Waals surface area contributed by atoms with Gasteiger partial charge < -0.3 is 10.1 Å². The van der Waals surface area contributed by atoms with Crippen LogP contribution in [0.25, 0.3) is 10.9 Å². The van der Waals surface area contributed by atoms with Crippen molar-refractivity contribution in [1.29, 1.82) is 0 Å². The van der Waals surface area contributed by atoms with Crippen LogP contribution in [0, 0.1) is 0 Å². The van der Waals surface area contributed by atoms with E-state index >= 15 is 0 Å². The van der Waals surface area contributed by atoms with Crippen LogP contribution in [-0.4, -0.2) is 24.0 Å². The number of fused-ring (bicyclic) bond motifs is 1. The minimum Gasteiger partial charge on any atom is -0.492 e. The van der Waals surface area contributed by atoms with E-state index in [2.05, 4.69) is 10.3 Å². The highest BCUT2D eigenvalue weighted by Crippen LogP contribution is 2.24. The molecule has 1 aromatic heterocycles. The first kappa shape index (κ1) is 18.7. The second-order valence-electron chi connectivity index (χ2n) is 6.75. The number of amides is 1. The first-order chi connectivity index (χ1) is 14.3. The molecule has 1 heterocycles. The molecule has 0 atom stereocenters. The lowest BCUT2D eigenvalue weighted by Crippen LogP contribution is -2.33. The SMILES string of the molecule is O=C(NCCOc1ccc2ncccc2c1)C(c1ccccc1)c1ccccc1. The van der Waals surface area contributed by atoms with Crippen LogP contribution in [0.5, 0.6) is 5.75 Å². The van der Waals surface area contributed by atoms with Gasteiger partial charge in [-0.1, -0.05) is 66.7 Å². The van der Waals surface area contributed by atoms with E-state index in [0.29, 0.717) is 13.2 Å². The number of hydrogen-bond acceptors (Lipinski definition) is 3. The number of ether oxygens (including phenoxy) is 1. The molecule has 4 rings (SSSR count). The number of hydrogen-bond donors (Lipinski definition) is 1. The van der Waals surface area contributed by atoms with Gasteiger partial charge in [-0.3, -0.25) is 9.78 Å². The number of nitrogens with one attached hydrogen (secondary N) is 1. The zero-order valence-corrected chi connectivity index (χ0v) is 16.0. The summed E-state index contributed by atoms with van der Waals surface area (Å²) >= 11 is 0. The molecule has 0 bridgehead atoms. The Kier molecular flexibility index (Phi) is 5.81. The highest BCUT2D eigenvalue weighted by Gasteiger charge is 2.22. The summed E-state index contributed by atoms with van der Waals surface area (Å²) in [4.78, 5) is 17.3. The van der Waals surface area contributed by atoms with E-state index in [1.165, 1.54) is 0 Å². The Labute approximate surface area is 170 Å². The third-order valence-electron chi connectivity index (χ3n) is 4.77. The number of carbonyl (C=O) groups is 1. The van der Waals surface area contributed by atoms with Gasteiger partial charge in [0.1, 0.15) is 12.4 Å². The summed E-state index contributed by atoms with van der Waals surface area (Å²) in [5.41, 5.74) is 2.88. The molecule has 1 N–H and O–H groups in total. The van der Waals surface area contributed by atoms with E-state index in [-0.39, 0.29) is 11.8 Å². The Bertz CT molecular complexity index is 1040. The molecule has 0 saturated heterocycles. The molecule has 0 unspecified atom stereocenters. The minimum absolute atomic E-state index is 0.0336. The Balaban J connectivity index is 1.39. The minimum atomic E-state index is -0.343. The second kappa shape index (κ2) is 9.02.